The molecular formula is C32H41F2N3. The monoisotopic (exact) mass is 505 g/mol. The zero-order valence-electron chi connectivity index (χ0n) is 22.7. The SMILES string of the molecule is C=C(c1ccc(-c2ccc(CCC3CCN(CC(C)(C)F)CC3)cc2C#N)cc1F)N1CCC(C)CC1. The van der Waals surface area contributed by atoms with Gasteiger partial charge in [0, 0.05) is 30.9 Å². The number of benzene rings is 2. The zero-order valence-corrected chi connectivity index (χ0v) is 22.7. The molecule has 0 aromatic heterocycles. The molecule has 4 rings (SSSR count). The molecule has 2 aromatic carbocycles. The van der Waals surface area contributed by atoms with Crippen LogP contribution in [0, 0.1) is 29.0 Å². The van der Waals surface area contributed by atoms with Crippen molar-refractivity contribution in [3.05, 3.63) is 65.5 Å². The van der Waals surface area contributed by atoms with Crippen molar-refractivity contribution in [2.45, 2.75) is 65.0 Å². The zero-order chi connectivity index (χ0) is 26.6. The number of alkyl halides is 1. The molecule has 0 unspecified atom stereocenters. The Kier molecular flexibility index (Phi) is 8.70. The number of hydrogen-bond acceptors (Lipinski definition) is 3. The van der Waals surface area contributed by atoms with Crippen LogP contribution < -0.4 is 0 Å². The summed E-state index contributed by atoms with van der Waals surface area (Å²) in [6, 6.07) is 13.5. The van der Waals surface area contributed by atoms with E-state index in [1.165, 1.54) is 6.07 Å². The Morgan fingerprint density at radius 3 is 2.38 bits per heavy atom. The number of piperidine rings is 2. The van der Waals surface area contributed by atoms with E-state index in [0.29, 0.717) is 35.1 Å². The summed E-state index contributed by atoms with van der Waals surface area (Å²) >= 11 is 0. The summed E-state index contributed by atoms with van der Waals surface area (Å²) in [5.74, 6) is 1.04. The highest BCUT2D eigenvalue weighted by molar-refractivity contribution is 5.73. The lowest BCUT2D eigenvalue weighted by Gasteiger charge is -2.34. The second-order valence-corrected chi connectivity index (χ2v) is 11.8. The van der Waals surface area contributed by atoms with Gasteiger partial charge in [0.2, 0.25) is 0 Å². The van der Waals surface area contributed by atoms with Gasteiger partial charge in [-0.3, -0.25) is 0 Å². The van der Waals surface area contributed by atoms with Gasteiger partial charge in [-0.25, -0.2) is 8.78 Å². The quantitative estimate of drug-likeness (QED) is 0.373. The van der Waals surface area contributed by atoms with Crippen LogP contribution >= 0.6 is 0 Å². The summed E-state index contributed by atoms with van der Waals surface area (Å²) < 4.78 is 29.1. The van der Waals surface area contributed by atoms with Crippen molar-refractivity contribution < 1.29 is 8.78 Å². The van der Waals surface area contributed by atoms with Gasteiger partial charge in [0.1, 0.15) is 11.5 Å². The summed E-state index contributed by atoms with van der Waals surface area (Å²) in [6.45, 7) is 13.9. The molecular weight excluding hydrogens is 464 g/mol. The first-order valence-electron chi connectivity index (χ1n) is 13.8. The van der Waals surface area contributed by atoms with Crippen molar-refractivity contribution in [3.63, 3.8) is 0 Å². The lowest BCUT2D eigenvalue weighted by molar-refractivity contribution is 0.0943. The number of nitriles is 1. The van der Waals surface area contributed by atoms with Crippen LogP contribution in [-0.4, -0.2) is 48.2 Å². The van der Waals surface area contributed by atoms with E-state index in [-0.39, 0.29) is 5.82 Å². The second kappa shape index (κ2) is 11.8. The fourth-order valence-electron chi connectivity index (χ4n) is 5.79. The third kappa shape index (κ3) is 7.20. The molecule has 0 spiro atoms. The standard InChI is InChI=1S/C32H41F2N3/c1-23-11-17-37(18-12-23)24(2)29-10-8-27(20-31(29)33)30-9-7-26(19-28(30)21-35)6-5-25-13-15-36(16-14-25)22-32(3,4)34/h7-10,19-20,23,25H,2,5-6,11-18,22H2,1,3-4H3. The van der Waals surface area contributed by atoms with E-state index in [1.807, 2.05) is 18.2 Å². The fraction of sp³-hybridized carbons (Fsp3) is 0.531. The molecule has 0 radical (unpaired) electrons. The molecule has 0 saturated carbocycles. The first-order valence-corrected chi connectivity index (χ1v) is 13.8. The second-order valence-electron chi connectivity index (χ2n) is 11.8. The van der Waals surface area contributed by atoms with E-state index in [9.17, 15) is 9.65 Å². The minimum absolute atomic E-state index is 0.295. The normalized spacial score (nSPS) is 18.1. The molecule has 2 aliphatic rings. The Bertz CT molecular complexity index is 1130. The number of rotatable bonds is 8. The molecule has 2 aliphatic heterocycles. The molecule has 198 valence electrons. The molecule has 3 nitrogen and oxygen atoms in total. The Morgan fingerprint density at radius 2 is 1.76 bits per heavy atom. The predicted octanol–water partition coefficient (Wildman–Crippen LogP) is 7.46. The summed E-state index contributed by atoms with van der Waals surface area (Å²) in [7, 11) is 0. The van der Waals surface area contributed by atoms with Crippen molar-refractivity contribution in [3.8, 4) is 17.2 Å². The van der Waals surface area contributed by atoms with Crippen molar-refractivity contribution in [1.82, 2.24) is 9.80 Å². The highest BCUT2D eigenvalue weighted by atomic mass is 19.1. The van der Waals surface area contributed by atoms with Crippen LogP contribution in [0.4, 0.5) is 8.78 Å². The molecule has 0 atom stereocenters. The minimum atomic E-state index is -1.15. The van der Waals surface area contributed by atoms with E-state index in [1.54, 1.807) is 19.9 Å². The van der Waals surface area contributed by atoms with Gasteiger partial charge in [0.15, 0.2) is 0 Å². The highest BCUT2D eigenvalue weighted by Crippen LogP contribution is 2.31. The minimum Gasteiger partial charge on any atom is -0.371 e. The molecule has 5 heteroatoms. The van der Waals surface area contributed by atoms with E-state index < -0.39 is 5.67 Å². The Labute approximate surface area is 221 Å². The highest BCUT2D eigenvalue weighted by Gasteiger charge is 2.25. The fourth-order valence-corrected chi connectivity index (χ4v) is 5.79. The molecule has 0 bridgehead atoms. The van der Waals surface area contributed by atoms with Gasteiger partial charge >= 0.3 is 0 Å². The van der Waals surface area contributed by atoms with Crippen LogP contribution in [0.3, 0.4) is 0 Å². The maximum atomic E-state index is 15.2. The number of aryl methyl sites for hydroxylation is 1. The van der Waals surface area contributed by atoms with Crippen LogP contribution in [0.25, 0.3) is 16.8 Å². The number of halogens is 2. The third-order valence-corrected chi connectivity index (χ3v) is 8.11. The smallest absolute Gasteiger partial charge is 0.133 e. The number of nitrogens with zero attached hydrogens (tertiary/aromatic N) is 3. The van der Waals surface area contributed by atoms with Crippen LogP contribution in [0.1, 0.15) is 69.6 Å². The molecule has 37 heavy (non-hydrogen) atoms. The molecule has 0 N–H and O–H groups in total. The topological polar surface area (TPSA) is 30.3 Å². The van der Waals surface area contributed by atoms with E-state index in [0.717, 1.165) is 81.5 Å². The third-order valence-electron chi connectivity index (χ3n) is 8.11. The Hall–Kier alpha value is -2.71. The largest absolute Gasteiger partial charge is 0.371 e. The first-order chi connectivity index (χ1) is 17.6. The van der Waals surface area contributed by atoms with Gasteiger partial charge in [0.25, 0.3) is 0 Å². The van der Waals surface area contributed by atoms with Crippen LogP contribution in [0.5, 0.6) is 0 Å². The lowest BCUT2D eigenvalue weighted by atomic mass is 9.89. The van der Waals surface area contributed by atoms with Crippen molar-refractivity contribution in [2.75, 3.05) is 32.7 Å². The molecule has 0 aliphatic carbocycles. The maximum absolute atomic E-state index is 15.2. The van der Waals surface area contributed by atoms with Gasteiger partial charge in [-0.15, -0.1) is 0 Å². The number of likely N-dealkylation sites (tertiary alicyclic amines) is 2. The summed E-state index contributed by atoms with van der Waals surface area (Å²) in [6.07, 6.45) is 6.37. The van der Waals surface area contributed by atoms with E-state index >= 15 is 4.39 Å². The Morgan fingerprint density at radius 1 is 1.05 bits per heavy atom. The molecule has 2 saturated heterocycles. The summed E-state index contributed by atoms with van der Waals surface area (Å²) in [5, 5.41) is 9.85. The summed E-state index contributed by atoms with van der Waals surface area (Å²) in [4.78, 5) is 4.41. The van der Waals surface area contributed by atoms with Gasteiger partial charge in [-0.05, 0) is 112 Å². The van der Waals surface area contributed by atoms with Crippen LogP contribution in [0.15, 0.2) is 43.0 Å². The van der Waals surface area contributed by atoms with Gasteiger partial charge in [-0.1, -0.05) is 31.7 Å². The summed E-state index contributed by atoms with van der Waals surface area (Å²) in [5.41, 5.74) is 3.32. The molecule has 2 heterocycles. The van der Waals surface area contributed by atoms with Gasteiger partial charge in [-0.2, -0.15) is 5.26 Å². The van der Waals surface area contributed by atoms with Gasteiger partial charge in [0.05, 0.1) is 11.6 Å². The maximum Gasteiger partial charge on any atom is 0.133 e. The average Bonchev–Trinajstić information content (AvgIpc) is 2.87. The first kappa shape index (κ1) is 27.3. The predicted molar refractivity (Wildman–Crippen MR) is 148 cm³/mol. The van der Waals surface area contributed by atoms with E-state index in [4.69, 9.17) is 0 Å². The van der Waals surface area contributed by atoms with Crippen LogP contribution in [0.2, 0.25) is 0 Å². The average molecular weight is 506 g/mol. The van der Waals surface area contributed by atoms with Crippen molar-refractivity contribution >= 4 is 5.70 Å². The Balaban J connectivity index is 1.38. The molecule has 2 fully saturated rings. The van der Waals surface area contributed by atoms with Crippen molar-refractivity contribution in [1.29, 1.82) is 5.26 Å². The van der Waals surface area contributed by atoms with E-state index in [2.05, 4.69) is 35.4 Å². The van der Waals surface area contributed by atoms with Crippen molar-refractivity contribution in [2.24, 2.45) is 11.8 Å². The van der Waals surface area contributed by atoms with Gasteiger partial charge < -0.3 is 9.80 Å². The van der Waals surface area contributed by atoms with Crippen LogP contribution in [-0.2, 0) is 6.42 Å². The molecule has 0 amide bonds. The lowest BCUT2D eigenvalue weighted by Crippen LogP contribution is -2.41. The number of hydrogen-bond donors (Lipinski definition) is 0. The molecule has 2 aromatic rings.